The SMILES string of the molecule is CCOc1ccc(C(=O)Nc2cccc(NC(=O)c3ccc(Cl)cc3Cl)c2)cc1Br. The smallest absolute Gasteiger partial charge is 0.257 e. The number of amides is 2. The van der Waals surface area contributed by atoms with Gasteiger partial charge in [-0.05, 0) is 77.5 Å². The third-order valence-corrected chi connectivity index (χ3v) is 5.22. The highest BCUT2D eigenvalue weighted by atomic mass is 79.9. The number of hydrogen-bond acceptors (Lipinski definition) is 3. The van der Waals surface area contributed by atoms with Gasteiger partial charge >= 0.3 is 0 Å². The minimum Gasteiger partial charge on any atom is -0.493 e. The molecule has 0 atom stereocenters. The summed E-state index contributed by atoms with van der Waals surface area (Å²) in [5.74, 6) is -0.00169. The topological polar surface area (TPSA) is 67.4 Å². The molecule has 30 heavy (non-hydrogen) atoms. The van der Waals surface area contributed by atoms with Crippen LogP contribution in [0.25, 0.3) is 0 Å². The first-order chi connectivity index (χ1) is 14.4. The van der Waals surface area contributed by atoms with Crippen LogP contribution < -0.4 is 15.4 Å². The summed E-state index contributed by atoms with van der Waals surface area (Å²) in [6.07, 6.45) is 0. The minimum atomic E-state index is -0.379. The largest absolute Gasteiger partial charge is 0.493 e. The first-order valence-corrected chi connectivity index (χ1v) is 10.5. The lowest BCUT2D eigenvalue weighted by atomic mass is 10.2. The Morgan fingerprint density at radius 3 is 2.27 bits per heavy atom. The van der Waals surface area contributed by atoms with Crippen molar-refractivity contribution in [3.8, 4) is 5.75 Å². The van der Waals surface area contributed by atoms with Crippen LogP contribution in [0.1, 0.15) is 27.6 Å². The van der Waals surface area contributed by atoms with E-state index in [-0.39, 0.29) is 16.8 Å². The van der Waals surface area contributed by atoms with Crippen LogP contribution in [0, 0.1) is 0 Å². The maximum absolute atomic E-state index is 12.6. The molecule has 0 aliphatic rings. The lowest BCUT2D eigenvalue weighted by Gasteiger charge is -2.11. The first-order valence-electron chi connectivity index (χ1n) is 8.97. The van der Waals surface area contributed by atoms with Crippen LogP contribution in [0.5, 0.6) is 5.75 Å². The summed E-state index contributed by atoms with van der Waals surface area (Å²) in [5, 5.41) is 6.28. The van der Waals surface area contributed by atoms with Crippen LogP contribution in [-0.2, 0) is 0 Å². The monoisotopic (exact) mass is 506 g/mol. The Balaban J connectivity index is 1.71. The van der Waals surface area contributed by atoms with Crippen molar-refractivity contribution in [1.29, 1.82) is 0 Å². The molecule has 5 nitrogen and oxygen atoms in total. The molecule has 2 N–H and O–H groups in total. The predicted octanol–water partition coefficient (Wildman–Crippen LogP) is 6.66. The molecule has 0 heterocycles. The fourth-order valence-corrected chi connectivity index (χ4v) is 3.65. The Morgan fingerprint density at radius 1 is 0.933 bits per heavy atom. The van der Waals surface area contributed by atoms with Gasteiger partial charge in [-0.25, -0.2) is 0 Å². The fourth-order valence-electron chi connectivity index (χ4n) is 2.66. The second-order valence-electron chi connectivity index (χ2n) is 6.19. The van der Waals surface area contributed by atoms with Crippen LogP contribution in [0.2, 0.25) is 10.0 Å². The molecule has 3 aromatic rings. The Kier molecular flexibility index (Phi) is 7.37. The van der Waals surface area contributed by atoms with Crippen molar-refractivity contribution in [3.05, 3.63) is 86.3 Å². The van der Waals surface area contributed by atoms with E-state index in [1.54, 1.807) is 54.6 Å². The highest BCUT2D eigenvalue weighted by molar-refractivity contribution is 9.10. The summed E-state index contributed by atoms with van der Waals surface area (Å²) < 4.78 is 6.15. The number of halogens is 3. The van der Waals surface area contributed by atoms with Crippen LogP contribution in [0.4, 0.5) is 11.4 Å². The molecule has 2 amide bonds. The average Bonchev–Trinajstić information content (AvgIpc) is 2.69. The highest BCUT2D eigenvalue weighted by Gasteiger charge is 2.13. The molecule has 0 radical (unpaired) electrons. The second kappa shape index (κ2) is 9.98. The quantitative estimate of drug-likeness (QED) is 0.392. The molecule has 0 saturated heterocycles. The van der Waals surface area contributed by atoms with Crippen molar-refractivity contribution in [1.82, 2.24) is 0 Å². The second-order valence-corrected chi connectivity index (χ2v) is 7.89. The Bertz CT molecular complexity index is 1110. The van der Waals surface area contributed by atoms with Gasteiger partial charge in [0.25, 0.3) is 11.8 Å². The number of carbonyl (C=O) groups is 2. The number of hydrogen-bond donors (Lipinski definition) is 2. The van der Waals surface area contributed by atoms with Gasteiger partial charge in [0, 0.05) is 22.0 Å². The number of anilines is 2. The molecule has 154 valence electrons. The molecule has 0 aliphatic heterocycles. The van der Waals surface area contributed by atoms with E-state index in [9.17, 15) is 9.59 Å². The van der Waals surface area contributed by atoms with Gasteiger partial charge in [0.1, 0.15) is 5.75 Å². The molecule has 3 aromatic carbocycles. The van der Waals surface area contributed by atoms with Gasteiger partial charge in [-0.1, -0.05) is 29.3 Å². The van der Waals surface area contributed by atoms with Crippen LogP contribution in [0.3, 0.4) is 0 Å². The summed E-state index contributed by atoms with van der Waals surface area (Å²) in [4.78, 5) is 25.1. The van der Waals surface area contributed by atoms with Crippen molar-refractivity contribution in [2.24, 2.45) is 0 Å². The van der Waals surface area contributed by atoms with Crippen molar-refractivity contribution in [2.45, 2.75) is 6.92 Å². The zero-order valence-corrected chi connectivity index (χ0v) is 18.9. The number of ether oxygens (including phenoxy) is 1. The Hall–Kier alpha value is -2.54. The molecule has 0 bridgehead atoms. The van der Waals surface area contributed by atoms with E-state index in [0.717, 1.165) is 0 Å². The van der Waals surface area contributed by atoms with Crippen molar-refractivity contribution >= 4 is 62.3 Å². The summed E-state index contributed by atoms with van der Waals surface area (Å²) >= 11 is 15.4. The first kappa shape index (κ1) is 22.2. The summed E-state index contributed by atoms with van der Waals surface area (Å²) in [6.45, 7) is 2.42. The van der Waals surface area contributed by atoms with Gasteiger partial charge in [0.15, 0.2) is 0 Å². The number of carbonyl (C=O) groups excluding carboxylic acids is 2. The van der Waals surface area contributed by atoms with E-state index in [2.05, 4.69) is 26.6 Å². The van der Waals surface area contributed by atoms with Crippen LogP contribution in [0.15, 0.2) is 65.1 Å². The average molecular weight is 508 g/mol. The van der Waals surface area contributed by atoms with E-state index in [1.165, 1.54) is 6.07 Å². The molecule has 0 spiro atoms. The van der Waals surface area contributed by atoms with Gasteiger partial charge in [-0.2, -0.15) is 0 Å². The number of rotatable bonds is 6. The zero-order valence-electron chi connectivity index (χ0n) is 15.8. The van der Waals surface area contributed by atoms with Gasteiger partial charge in [-0.3, -0.25) is 9.59 Å². The minimum absolute atomic E-state index is 0.255. The summed E-state index contributed by atoms with van der Waals surface area (Å²) in [6, 6.07) is 16.6. The summed E-state index contributed by atoms with van der Waals surface area (Å²) in [5.41, 5.74) is 1.81. The molecular weight excluding hydrogens is 491 g/mol. The van der Waals surface area contributed by atoms with Gasteiger partial charge < -0.3 is 15.4 Å². The molecule has 0 aliphatic carbocycles. The maximum atomic E-state index is 12.6. The van der Waals surface area contributed by atoms with Crippen LogP contribution >= 0.6 is 39.1 Å². The van der Waals surface area contributed by atoms with Gasteiger partial charge in [0.05, 0.1) is 21.7 Å². The third-order valence-electron chi connectivity index (χ3n) is 4.05. The molecule has 0 unspecified atom stereocenters. The highest BCUT2D eigenvalue weighted by Crippen LogP contribution is 2.27. The molecule has 8 heteroatoms. The maximum Gasteiger partial charge on any atom is 0.257 e. The normalized spacial score (nSPS) is 10.4. The Morgan fingerprint density at radius 2 is 1.63 bits per heavy atom. The molecule has 3 rings (SSSR count). The van der Waals surface area contributed by atoms with E-state index in [0.29, 0.717) is 44.4 Å². The van der Waals surface area contributed by atoms with E-state index in [1.807, 2.05) is 6.92 Å². The lowest BCUT2D eigenvalue weighted by molar-refractivity contribution is 0.101. The molecule has 0 aromatic heterocycles. The molecule has 0 saturated carbocycles. The van der Waals surface area contributed by atoms with Crippen molar-refractivity contribution in [3.63, 3.8) is 0 Å². The Labute approximate surface area is 192 Å². The predicted molar refractivity (Wildman–Crippen MR) is 124 cm³/mol. The van der Waals surface area contributed by atoms with E-state index >= 15 is 0 Å². The standard InChI is InChI=1S/C22H17BrCl2N2O3/c1-2-30-20-9-6-13(10-18(20)23)21(28)26-15-4-3-5-16(12-15)27-22(29)17-8-7-14(24)11-19(17)25/h3-12H,2H2,1H3,(H,26,28)(H,27,29). The zero-order chi connectivity index (χ0) is 21.7. The summed E-state index contributed by atoms with van der Waals surface area (Å²) in [7, 11) is 0. The van der Waals surface area contributed by atoms with Gasteiger partial charge in [0.2, 0.25) is 0 Å². The fraction of sp³-hybridized carbons (Fsp3) is 0.0909. The number of nitrogens with one attached hydrogen (secondary N) is 2. The third kappa shape index (κ3) is 5.53. The van der Waals surface area contributed by atoms with Crippen molar-refractivity contribution < 1.29 is 14.3 Å². The van der Waals surface area contributed by atoms with E-state index in [4.69, 9.17) is 27.9 Å². The molecular formula is C22H17BrCl2N2O3. The van der Waals surface area contributed by atoms with Crippen molar-refractivity contribution in [2.75, 3.05) is 17.2 Å². The number of benzene rings is 3. The van der Waals surface area contributed by atoms with Crippen LogP contribution in [-0.4, -0.2) is 18.4 Å². The molecule has 0 fully saturated rings. The van der Waals surface area contributed by atoms with E-state index < -0.39 is 0 Å². The van der Waals surface area contributed by atoms with Gasteiger partial charge in [-0.15, -0.1) is 0 Å². The lowest BCUT2D eigenvalue weighted by Crippen LogP contribution is -2.14.